The molecule has 160 valence electrons. The molecule has 0 atom stereocenters. The van der Waals surface area contributed by atoms with Gasteiger partial charge < -0.3 is 14.6 Å². The number of esters is 1. The Morgan fingerprint density at radius 2 is 1.57 bits per heavy atom. The topological polar surface area (TPSA) is 82.7 Å². The van der Waals surface area contributed by atoms with Gasteiger partial charge in [-0.3, -0.25) is 14.5 Å². The van der Waals surface area contributed by atoms with Crippen LogP contribution >= 0.6 is 0 Å². The number of aromatic amines is 1. The third kappa shape index (κ3) is 4.62. The molecule has 1 aliphatic rings. The van der Waals surface area contributed by atoms with E-state index in [0.29, 0.717) is 28.1 Å². The molecule has 1 saturated heterocycles. The van der Waals surface area contributed by atoms with E-state index in [2.05, 4.69) is 14.8 Å². The zero-order chi connectivity index (χ0) is 21.8. The van der Waals surface area contributed by atoms with Crippen molar-refractivity contribution in [3.05, 3.63) is 52.3 Å². The SMILES string of the molecule is CCOC(=O)c1c(C)[nH]c(C)c1C(=O)CN1CCN(c2ccc(C(C)=O)cc2)CC1. The Balaban J connectivity index is 1.63. The van der Waals surface area contributed by atoms with E-state index in [4.69, 9.17) is 4.74 Å². The number of anilines is 1. The maximum atomic E-state index is 13.0. The van der Waals surface area contributed by atoms with Gasteiger partial charge in [-0.2, -0.15) is 0 Å². The summed E-state index contributed by atoms with van der Waals surface area (Å²) >= 11 is 0. The number of benzene rings is 1. The normalized spacial score (nSPS) is 14.6. The van der Waals surface area contributed by atoms with Crippen LogP contribution in [-0.4, -0.2) is 66.8 Å². The van der Waals surface area contributed by atoms with Gasteiger partial charge in [0.05, 0.1) is 24.3 Å². The molecule has 1 fully saturated rings. The highest BCUT2D eigenvalue weighted by Gasteiger charge is 2.27. The molecular formula is C23H29N3O4. The fraction of sp³-hybridized carbons (Fsp3) is 0.435. The second-order valence-corrected chi connectivity index (χ2v) is 7.63. The minimum atomic E-state index is -0.457. The fourth-order valence-corrected chi connectivity index (χ4v) is 3.94. The lowest BCUT2D eigenvalue weighted by molar-refractivity contribution is 0.0521. The molecule has 1 aliphatic heterocycles. The number of hydrogen-bond acceptors (Lipinski definition) is 6. The first-order valence-corrected chi connectivity index (χ1v) is 10.3. The number of aromatic nitrogens is 1. The van der Waals surface area contributed by atoms with Gasteiger partial charge in [0.15, 0.2) is 11.6 Å². The Kier molecular flexibility index (Phi) is 6.72. The second-order valence-electron chi connectivity index (χ2n) is 7.63. The summed E-state index contributed by atoms with van der Waals surface area (Å²) in [5.74, 6) is -0.469. The number of hydrogen-bond donors (Lipinski definition) is 1. The highest BCUT2D eigenvalue weighted by atomic mass is 16.5. The minimum Gasteiger partial charge on any atom is -0.462 e. The van der Waals surface area contributed by atoms with Crippen molar-refractivity contribution in [2.45, 2.75) is 27.7 Å². The van der Waals surface area contributed by atoms with Crippen molar-refractivity contribution in [2.24, 2.45) is 0 Å². The van der Waals surface area contributed by atoms with Crippen molar-refractivity contribution in [3.63, 3.8) is 0 Å². The highest BCUT2D eigenvalue weighted by Crippen LogP contribution is 2.22. The predicted octanol–water partition coefficient (Wildman–Crippen LogP) is 3.02. The minimum absolute atomic E-state index is 0.0577. The van der Waals surface area contributed by atoms with Gasteiger partial charge >= 0.3 is 5.97 Å². The molecule has 30 heavy (non-hydrogen) atoms. The summed E-state index contributed by atoms with van der Waals surface area (Å²) in [6.07, 6.45) is 0. The number of Topliss-reactive ketones (excluding diaryl/α,β-unsaturated/α-hetero) is 2. The zero-order valence-corrected chi connectivity index (χ0v) is 18.1. The molecule has 2 aromatic rings. The smallest absolute Gasteiger partial charge is 0.340 e. The molecule has 1 N–H and O–H groups in total. The second kappa shape index (κ2) is 9.26. The molecule has 0 unspecified atom stereocenters. The number of ether oxygens (including phenoxy) is 1. The molecular weight excluding hydrogens is 382 g/mol. The lowest BCUT2D eigenvalue weighted by atomic mass is 10.0. The van der Waals surface area contributed by atoms with Crippen LogP contribution in [0.5, 0.6) is 0 Å². The van der Waals surface area contributed by atoms with E-state index in [9.17, 15) is 14.4 Å². The summed E-state index contributed by atoms with van der Waals surface area (Å²) in [6, 6.07) is 7.63. The van der Waals surface area contributed by atoms with Gasteiger partial charge in [-0.25, -0.2) is 4.79 Å². The number of carbonyl (C=O) groups excluding carboxylic acids is 3. The van der Waals surface area contributed by atoms with Crippen LogP contribution in [-0.2, 0) is 4.74 Å². The molecule has 7 nitrogen and oxygen atoms in total. The predicted molar refractivity (Wildman–Crippen MR) is 116 cm³/mol. The number of piperazine rings is 1. The van der Waals surface area contributed by atoms with Crippen LogP contribution in [0.2, 0.25) is 0 Å². The quantitative estimate of drug-likeness (QED) is 0.557. The van der Waals surface area contributed by atoms with Crippen molar-refractivity contribution in [3.8, 4) is 0 Å². The average molecular weight is 412 g/mol. The van der Waals surface area contributed by atoms with E-state index in [1.807, 2.05) is 31.2 Å². The van der Waals surface area contributed by atoms with Gasteiger partial charge in [0.2, 0.25) is 0 Å². The summed E-state index contributed by atoms with van der Waals surface area (Å²) in [7, 11) is 0. The molecule has 1 aromatic heterocycles. The van der Waals surface area contributed by atoms with Gasteiger partial charge in [0, 0.05) is 48.8 Å². The number of ketones is 2. The molecule has 3 rings (SSSR count). The van der Waals surface area contributed by atoms with Crippen molar-refractivity contribution in [1.29, 1.82) is 0 Å². The lowest BCUT2D eigenvalue weighted by Gasteiger charge is -2.35. The molecule has 0 amide bonds. The summed E-state index contributed by atoms with van der Waals surface area (Å²) < 4.78 is 5.14. The molecule has 7 heteroatoms. The van der Waals surface area contributed by atoms with E-state index in [0.717, 1.165) is 31.9 Å². The number of nitrogens with one attached hydrogen (secondary N) is 1. The molecule has 0 bridgehead atoms. The summed E-state index contributed by atoms with van der Waals surface area (Å²) in [5, 5.41) is 0. The van der Waals surface area contributed by atoms with Crippen molar-refractivity contribution < 1.29 is 19.1 Å². The van der Waals surface area contributed by atoms with Crippen molar-refractivity contribution in [1.82, 2.24) is 9.88 Å². The van der Waals surface area contributed by atoms with Crippen LogP contribution in [0.25, 0.3) is 0 Å². The zero-order valence-electron chi connectivity index (χ0n) is 18.1. The Bertz CT molecular complexity index is 938. The van der Waals surface area contributed by atoms with E-state index >= 15 is 0 Å². The van der Waals surface area contributed by atoms with Crippen LogP contribution < -0.4 is 4.90 Å². The Hall–Kier alpha value is -2.93. The number of aryl methyl sites for hydroxylation is 2. The number of carbonyl (C=O) groups is 3. The number of nitrogens with zero attached hydrogens (tertiary/aromatic N) is 2. The molecule has 2 heterocycles. The third-order valence-electron chi connectivity index (χ3n) is 5.51. The highest BCUT2D eigenvalue weighted by molar-refractivity contribution is 6.09. The Morgan fingerprint density at radius 3 is 2.13 bits per heavy atom. The largest absolute Gasteiger partial charge is 0.462 e. The van der Waals surface area contributed by atoms with Gasteiger partial charge in [0.25, 0.3) is 0 Å². The van der Waals surface area contributed by atoms with E-state index in [1.165, 1.54) is 0 Å². The monoisotopic (exact) mass is 411 g/mol. The Morgan fingerprint density at radius 1 is 0.967 bits per heavy atom. The van der Waals surface area contributed by atoms with Gasteiger partial charge in [-0.05, 0) is 52.0 Å². The first kappa shape index (κ1) is 21.8. The van der Waals surface area contributed by atoms with Gasteiger partial charge in [-0.1, -0.05) is 0 Å². The maximum absolute atomic E-state index is 13.0. The molecule has 0 spiro atoms. The number of rotatable bonds is 7. The number of H-pyrrole nitrogens is 1. The third-order valence-corrected chi connectivity index (χ3v) is 5.51. The molecule has 1 aromatic carbocycles. The van der Waals surface area contributed by atoms with Crippen LogP contribution in [0.1, 0.15) is 56.3 Å². The summed E-state index contributed by atoms with van der Waals surface area (Å²) in [4.78, 5) is 44.2. The molecule has 0 saturated carbocycles. The summed E-state index contributed by atoms with van der Waals surface area (Å²) in [6.45, 7) is 10.5. The van der Waals surface area contributed by atoms with Crippen LogP contribution in [0.15, 0.2) is 24.3 Å². The standard InChI is InChI=1S/C23H29N3O4/c1-5-30-23(29)22-16(3)24-15(2)21(22)20(28)14-25-10-12-26(13-11-25)19-8-6-18(7-9-19)17(4)27/h6-9,24H,5,10-14H2,1-4H3. The average Bonchev–Trinajstić information content (AvgIpc) is 3.02. The van der Waals surface area contributed by atoms with Crippen molar-refractivity contribution >= 4 is 23.2 Å². The summed E-state index contributed by atoms with van der Waals surface area (Å²) in [5.41, 5.74) is 3.93. The van der Waals surface area contributed by atoms with Crippen LogP contribution in [0, 0.1) is 13.8 Å². The van der Waals surface area contributed by atoms with E-state index < -0.39 is 5.97 Å². The van der Waals surface area contributed by atoms with Crippen molar-refractivity contribution in [2.75, 3.05) is 44.2 Å². The van der Waals surface area contributed by atoms with Gasteiger partial charge in [0.1, 0.15) is 0 Å². The first-order chi connectivity index (χ1) is 14.3. The van der Waals surface area contributed by atoms with Crippen LogP contribution in [0.4, 0.5) is 5.69 Å². The van der Waals surface area contributed by atoms with Gasteiger partial charge in [-0.15, -0.1) is 0 Å². The maximum Gasteiger partial charge on any atom is 0.340 e. The lowest BCUT2D eigenvalue weighted by Crippen LogP contribution is -2.48. The van der Waals surface area contributed by atoms with Crippen LogP contribution in [0.3, 0.4) is 0 Å². The Labute approximate surface area is 177 Å². The van der Waals surface area contributed by atoms with E-state index in [-0.39, 0.29) is 24.7 Å². The first-order valence-electron chi connectivity index (χ1n) is 10.3. The van der Waals surface area contributed by atoms with E-state index in [1.54, 1.807) is 20.8 Å². The molecule has 0 radical (unpaired) electrons. The fourth-order valence-electron chi connectivity index (χ4n) is 3.94. The molecule has 0 aliphatic carbocycles.